The third kappa shape index (κ3) is 3.04. The number of hydrogen-bond acceptors (Lipinski definition) is 1. The van der Waals surface area contributed by atoms with Crippen molar-refractivity contribution < 1.29 is 0 Å². The number of piperidine rings is 1. The molecule has 0 amide bonds. The molecule has 1 aliphatic rings. The second-order valence-corrected chi connectivity index (χ2v) is 6.44. The van der Waals surface area contributed by atoms with Crippen LogP contribution in [-0.2, 0) is 0 Å². The van der Waals surface area contributed by atoms with E-state index in [0.29, 0.717) is 17.8 Å². The van der Waals surface area contributed by atoms with Crippen LogP contribution >= 0.6 is 27.5 Å². The van der Waals surface area contributed by atoms with E-state index in [-0.39, 0.29) is 0 Å². The Morgan fingerprint density at radius 1 is 1.41 bits per heavy atom. The summed E-state index contributed by atoms with van der Waals surface area (Å²) in [6.45, 7) is 6.86. The van der Waals surface area contributed by atoms with E-state index >= 15 is 0 Å². The van der Waals surface area contributed by atoms with Crippen LogP contribution in [0.25, 0.3) is 0 Å². The Hall–Kier alpha value is -0.0500. The first-order valence-electron chi connectivity index (χ1n) is 6.25. The van der Waals surface area contributed by atoms with Crippen molar-refractivity contribution in [1.29, 1.82) is 0 Å². The molecule has 0 radical (unpaired) electrons. The predicted octanol–water partition coefficient (Wildman–Crippen LogP) is 4.45. The molecule has 1 nitrogen and oxygen atoms in total. The van der Waals surface area contributed by atoms with Crippen molar-refractivity contribution in [2.75, 3.05) is 13.1 Å². The van der Waals surface area contributed by atoms with Gasteiger partial charge in [-0.15, -0.1) is 0 Å². The maximum Gasteiger partial charge on any atom is 0.0550 e. The van der Waals surface area contributed by atoms with Crippen LogP contribution in [0.5, 0.6) is 0 Å². The molecule has 1 N–H and O–H groups in total. The predicted molar refractivity (Wildman–Crippen MR) is 77.7 cm³/mol. The highest BCUT2D eigenvalue weighted by molar-refractivity contribution is 9.10. The second-order valence-electron chi connectivity index (χ2n) is 5.18. The van der Waals surface area contributed by atoms with Gasteiger partial charge < -0.3 is 5.32 Å². The SMILES string of the molecule is CC(C)C1CNCCC1c1ccc(Br)c(Cl)c1. The van der Waals surface area contributed by atoms with Gasteiger partial charge in [0.25, 0.3) is 0 Å². The van der Waals surface area contributed by atoms with Crippen LogP contribution in [0.2, 0.25) is 5.02 Å². The molecular weight excluding hydrogens is 298 g/mol. The topological polar surface area (TPSA) is 12.0 Å². The summed E-state index contributed by atoms with van der Waals surface area (Å²) in [5.74, 6) is 2.05. The Labute approximate surface area is 117 Å². The molecular formula is C14H19BrClN. The van der Waals surface area contributed by atoms with E-state index in [1.807, 2.05) is 0 Å². The lowest BCUT2D eigenvalue weighted by molar-refractivity contribution is 0.255. The monoisotopic (exact) mass is 315 g/mol. The van der Waals surface area contributed by atoms with Crippen molar-refractivity contribution in [1.82, 2.24) is 5.32 Å². The Bertz CT molecular complexity index is 392. The average Bonchev–Trinajstić information content (AvgIpc) is 2.32. The van der Waals surface area contributed by atoms with E-state index in [9.17, 15) is 0 Å². The molecule has 2 unspecified atom stereocenters. The van der Waals surface area contributed by atoms with Crippen LogP contribution < -0.4 is 5.32 Å². The maximum atomic E-state index is 6.20. The van der Waals surface area contributed by atoms with Crippen LogP contribution in [0.15, 0.2) is 22.7 Å². The van der Waals surface area contributed by atoms with E-state index in [0.717, 1.165) is 22.6 Å². The lowest BCUT2D eigenvalue weighted by Gasteiger charge is -2.35. The van der Waals surface area contributed by atoms with E-state index < -0.39 is 0 Å². The lowest BCUT2D eigenvalue weighted by Crippen LogP contribution is -2.38. The summed E-state index contributed by atoms with van der Waals surface area (Å²) in [5.41, 5.74) is 1.39. The van der Waals surface area contributed by atoms with E-state index in [1.165, 1.54) is 12.0 Å². The summed E-state index contributed by atoms with van der Waals surface area (Å²) in [4.78, 5) is 0. The molecule has 3 heteroatoms. The number of rotatable bonds is 2. The molecule has 0 saturated carbocycles. The van der Waals surface area contributed by atoms with Gasteiger partial charge in [0.05, 0.1) is 5.02 Å². The normalized spacial score (nSPS) is 25.2. The van der Waals surface area contributed by atoms with Gasteiger partial charge in [-0.2, -0.15) is 0 Å². The van der Waals surface area contributed by atoms with Gasteiger partial charge >= 0.3 is 0 Å². The molecule has 2 atom stereocenters. The van der Waals surface area contributed by atoms with Gasteiger partial charge in [-0.25, -0.2) is 0 Å². The molecule has 0 bridgehead atoms. The second kappa shape index (κ2) is 5.73. The number of hydrogen-bond donors (Lipinski definition) is 1. The minimum absolute atomic E-state index is 0.641. The van der Waals surface area contributed by atoms with E-state index in [2.05, 4.69) is 53.3 Å². The van der Waals surface area contributed by atoms with E-state index in [1.54, 1.807) is 0 Å². The number of benzene rings is 1. The zero-order valence-electron chi connectivity index (χ0n) is 10.3. The molecule has 2 rings (SSSR count). The van der Waals surface area contributed by atoms with Gasteiger partial charge in [-0.1, -0.05) is 31.5 Å². The van der Waals surface area contributed by atoms with Crippen molar-refractivity contribution in [3.8, 4) is 0 Å². The van der Waals surface area contributed by atoms with Crippen molar-refractivity contribution in [2.45, 2.75) is 26.2 Å². The van der Waals surface area contributed by atoms with Gasteiger partial charge in [0.1, 0.15) is 0 Å². The van der Waals surface area contributed by atoms with Crippen LogP contribution in [0.1, 0.15) is 31.7 Å². The molecule has 1 heterocycles. The Morgan fingerprint density at radius 3 is 2.82 bits per heavy atom. The first-order valence-corrected chi connectivity index (χ1v) is 7.42. The van der Waals surface area contributed by atoms with Crippen molar-refractivity contribution in [2.24, 2.45) is 11.8 Å². The first kappa shape index (κ1) is 13.4. The Kier molecular flexibility index (Phi) is 4.51. The lowest BCUT2D eigenvalue weighted by atomic mass is 9.75. The highest BCUT2D eigenvalue weighted by Gasteiger charge is 2.28. The zero-order valence-corrected chi connectivity index (χ0v) is 12.7. The molecule has 1 aromatic carbocycles. The molecule has 0 spiro atoms. The summed E-state index contributed by atoms with van der Waals surface area (Å²) in [6.07, 6.45) is 1.21. The van der Waals surface area contributed by atoms with Gasteiger partial charge in [0.15, 0.2) is 0 Å². The number of nitrogens with one attached hydrogen (secondary N) is 1. The molecule has 1 aromatic rings. The fourth-order valence-corrected chi connectivity index (χ4v) is 3.18. The van der Waals surface area contributed by atoms with Gasteiger partial charge in [0, 0.05) is 4.47 Å². The van der Waals surface area contributed by atoms with Crippen LogP contribution in [0.4, 0.5) is 0 Å². The van der Waals surface area contributed by atoms with Gasteiger partial charge in [0.2, 0.25) is 0 Å². The minimum Gasteiger partial charge on any atom is -0.316 e. The third-order valence-corrected chi connectivity index (χ3v) is 4.99. The minimum atomic E-state index is 0.641. The molecule has 1 saturated heterocycles. The summed E-state index contributed by atoms with van der Waals surface area (Å²) < 4.78 is 0.984. The molecule has 0 aromatic heterocycles. The van der Waals surface area contributed by atoms with Crippen molar-refractivity contribution in [3.63, 3.8) is 0 Å². The zero-order chi connectivity index (χ0) is 12.4. The van der Waals surface area contributed by atoms with Crippen LogP contribution in [0, 0.1) is 11.8 Å². The average molecular weight is 317 g/mol. The maximum absolute atomic E-state index is 6.20. The van der Waals surface area contributed by atoms with Crippen molar-refractivity contribution in [3.05, 3.63) is 33.3 Å². The molecule has 17 heavy (non-hydrogen) atoms. The van der Waals surface area contributed by atoms with Crippen LogP contribution in [-0.4, -0.2) is 13.1 Å². The smallest absolute Gasteiger partial charge is 0.0550 e. The first-order chi connectivity index (χ1) is 8.09. The number of halogens is 2. The van der Waals surface area contributed by atoms with Crippen LogP contribution in [0.3, 0.4) is 0 Å². The Balaban J connectivity index is 2.26. The summed E-state index contributed by atoms with van der Waals surface area (Å²) in [6, 6.07) is 6.40. The molecule has 1 aliphatic heterocycles. The van der Waals surface area contributed by atoms with E-state index in [4.69, 9.17) is 11.6 Å². The summed E-state index contributed by atoms with van der Waals surface area (Å²) in [5, 5.41) is 4.32. The fraction of sp³-hybridized carbons (Fsp3) is 0.571. The summed E-state index contributed by atoms with van der Waals surface area (Å²) in [7, 11) is 0. The quantitative estimate of drug-likeness (QED) is 0.850. The standard InChI is InChI=1S/C14H19BrClN/c1-9(2)12-8-17-6-5-11(12)10-3-4-13(15)14(16)7-10/h3-4,7,9,11-12,17H,5-6,8H2,1-2H3. The summed E-state index contributed by atoms with van der Waals surface area (Å²) >= 11 is 9.65. The highest BCUT2D eigenvalue weighted by atomic mass is 79.9. The highest BCUT2D eigenvalue weighted by Crippen LogP contribution is 2.37. The van der Waals surface area contributed by atoms with Crippen molar-refractivity contribution >= 4 is 27.5 Å². The Morgan fingerprint density at radius 2 is 2.18 bits per heavy atom. The third-order valence-electron chi connectivity index (χ3n) is 3.76. The van der Waals surface area contributed by atoms with Gasteiger partial charge in [-0.05, 0) is 70.9 Å². The van der Waals surface area contributed by atoms with Gasteiger partial charge in [-0.3, -0.25) is 0 Å². The molecule has 1 fully saturated rings. The molecule has 94 valence electrons. The molecule has 0 aliphatic carbocycles. The fourth-order valence-electron chi connectivity index (χ4n) is 2.74. The largest absolute Gasteiger partial charge is 0.316 e.